The van der Waals surface area contributed by atoms with Crippen LogP contribution in [0, 0.1) is 0 Å². The maximum Gasteiger partial charge on any atom is 0.0902 e. The highest BCUT2D eigenvalue weighted by Crippen LogP contribution is 1.92. The van der Waals surface area contributed by atoms with Crippen LogP contribution in [0.4, 0.5) is 0 Å². The zero-order chi connectivity index (χ0) is 7.98. The van der Waals surface area contributed by atoms with Crippen LogP contribution in [0.1, 0.15) is 6.92 Å². The van der Waals surface area contributed by atoms with Crippen molar-refractivity contribution in [3.63, 3.8) is 0 Å². The van der Waals surface area contributed by atoms with E-state index in [1.165, 1.54) is 0 Å². The fraction of sp³-hybridized carbons (Fsp3) is 0.375. The van der Waals surface area contributed by atoms with Gasteiger partial charge >= 0.3 is 0 Å². The summed E-state index contributed by atoms with van der Waals surface area (Å²) in [7, 11) is 3.87. The van der Waals surface area contributed by atoms with Crippen LogP contribution < -0.4 is 0 Å². The molecule has 0 bridgehead atoms. The van der Waals surface area contributed by atoms with Crippen molar-refractivity contribution in [2.45, 2.75) is 6.92 Å². The third-order valence-electron chi connectivity index (χ3n) is 0.851. The predicted octanol–water partition coefficient (Wildman–Crippen LogP) is 1.67. The van der Waals surface area contributed by atoms with Gasteiger partial charge in [0.25, 0.3) is 0 Å². The van der Waals surface area contributed by atoms with Gasteiger partial charge in [-0.1, -0.05) is 12.7 Å². The molecule has 0 aromatic heterocycles. The Bertz CT molecular complexity index is 155. The van der Waals surface area contributed by atoms with Crippen molar-refractivity contribution < 1.29 is 0 Å². The molecule has 0 saturated heterocycles. The van der Waals surface area contributed by atoms with Crippen LogP contribution in [0.2, 0.25) is 0 Å². The molecule has 0 saturated carbocycles. The molecule has 10 heavy (non-hydrogen) atoms. The van der Waals surface area contributed by atoms with E-state index in [1.54, 1.807) is 12.4 Å². The molecule has 0 spiro atoms. The Morgan fingerprint density at radius 1 is 1.50 bits per heavy atom. The molecular weight excluding hydrogens is 124 g/mol. The molecule has 0 rings (SSSR count). The van der Waals surface area contributed by atoms with Gasteiger partial charge in [0.1, 0.15) is 0 Å². The average Bonchev–Trinajstić information content (AvgIpc) is 1.85. The van der Waals surface area contributed by atoms with E-state index >= 15 is 0 Å². The maximum atomic E-state index is 4.10. The van der Waals surface area contributed by atoms with Crippen LogP contribution >= 0.6 is 0 Å². The SMILES string of the molecule is C=C/C=C(C)/N=C\N(C)C. The number of rotatable bonds is 3. The number of nitrogens with zero attached hydrogens (tertiary/aromatic N) is 2. The Hall–Kier alpha value is -1.05. The molecule has 2 heteroatoms. The van der Waals surface area contributed by atoms with E-state index in [0.717, 1.165) is 5.70 Å². The minimum atomic E-state index is 0.962. The molecule has 0 fully saturated rings. The average molecular weight is 138 g/mol. The van der Waals surface area contributed by atoms with Crippen molar-refractivity contribution in [3.05, 3.63) is 24.4 Å². The van der Waals surface area contributed by atoms with Crippen LogP contribution in [0.25, 0.3) is 0 Å². The van der Waals surface area contributed by atoms with Crippen LogP contribution in [-0.2, 0) is 0 Å². The highest BCUT2D eigenvalue weighted by Gasteiger charge is 1.78. The Balaban J connectivity index is 3.88. The largest absolute Gasteiger partial charge is 0.369 e. The first-order valence-electron chi connectivity index (χ1n) is 3.16. The smallest absolute Gasteiger partial charge is 0.0902 e. The highest BCUT2D eigenvalue weighted by atomic mass is 15.1. The summed E-state index contributed by atoms with van der Waals surface area (Å²) < 4.78 is 0. The van der Waals surface area contributed by atoms with E-state index in [-0.39, 0.29) is 0 Å². The Morgan fingerprint density at radius 3 is 2.50 bits per heavy atom. The molecule has 0 atom stereocenters. The van der Waals surface area contributed by atoms with Gasteiger partial charge in [-0.05, 0) is 13.0 Å². The molecular formula is C8H14N2. The second kappa shape index (κ2) is 4.79. The standard InChI is InChI=1S/C8H14N2/c1-5-6-8(2)9-7-10(3)4/h5-7H,1H2,2-4H3/b8-6+,9-7-. The second-order valence-corrected chi connectivity index (χ2v) is 2.25. The fourth-order valence-electron chi connectivity index (χ4n) is 0.420. The Kier molecular flexibility index (Phi) is 4.29. The van der Waals surface area contributed by atoms with Gasteiger partial charge in [0.2, 0.25) is 0 Å². The topological polar surface area (TPSA) is 15.6 Å². The molecule has 0 heterocycles. The zero-order valence-electron chi connectivity index (χ0n) is 6.83. The normalized spacial score (nSPS) is 12.1. The lowest BCUT2D eigenvalue weighted by molar-refractivity contribution is 0.642. The van der Waals surface area contributed by atoms with Crippen molar-refractivity contribution in [1.82, 2.24) is 4.90 Å². The minimum absolute atomic E-state index is 0.962. The first kappa shape index (κ1) is 8.95. The monoisotopic (exact) mass is 138 g/mol. The van der Waals surface area contributed by atoms with Crippen LogP contribution in [0.5, 0.6) is 0 Å². The summed E-state index contributed by atoms with van der Waals surface area (Å²) in [6.07, 6.45) is 5.34. The summed E-state index contributed by atoms with van der Waals surface area (Å²) in [6, 6.07) is 0. The van der Waals surface area contributed by atoms with Crippen molar-refractivity contribution in [2.75, 3.05) is 14.1 Å². The summed E-state index contributed by atoms with van der Waals surface area (Å²) in [5, 5.41) is 0. The predicted molar refractivity (Wildman–Crippen MR) is 46.1 cm³/mol. The van der Waals surface area contributed by atoms with E-state index < -0.39 is 0 Å². The Labute approximate surface area is 62.6 Å². The molecule has 0 amide bonds. The lowest BCUT2D eigenvalue weighted by atomic mass is 10.4. The fourth-order valence-corrected chi connectivity index (χ4v) is 0.420. The van der Waals surface area contributed by atoms with Gasteiger partial charge in [-0.2, -0.15) is 0 Å². The van der Waals surface area contributed by atoms with Gasteiger partial charge in [0, 0.05) is 19.8 Å². The summed E-state index contributed by atoms with van der Waals surface area (Å²) in [4.78, 5) is 5.99. The molecule has 0 N–H and O–H groups in total. The molecule has 0 aliphatic heterocycles. The van der Waals surface area contributed by atoms with Gasteiger partial charge in [-0.3, -0.25) is 0 Å². The van der Waals surface area contributed by atoms with Crippen LogP contribution in [0.3, 0.4) is 0 Å². The van der Waals surface area contributed by atoms with Crippen LogP contribution in [-0.4, -0.2) is 25.3 Å². The molecule has 0 unspecified atom stereocenters. The molecule has 0 radical (unpaired) electrons. The van der Waals surface area contributed by atoms with Gasteiger partial charge in [0.05, 0.1) is 6.34 Å². The van der Waals surface area contributed by atoms with Crippen molar-refractivity contribution >= 4 is 6.34 Å². The van der Waals surface area contributed by atoms with Gasteiger partial charge in [-0.15, -0.1) is 0 Å². The summed E-state index contributed by atoms with van der Waals surface area (Å²) >= 11 is 0. The molecule has 56 valence electrons. The second-order valence-electron chi connectivity index (χ2n) is 2.25. The maximum absolute atomic E-state index is 4.10. The first-order valence-corrected chi connectivity index (χ1v) is 3.16. The number of allylic oxidation sites excluding steroid dienone is 3. The van der Waals surface area contributed by atoms with Gasteiger partial charge in [0.15, 0.2) is 0 Å². The number of aliphatic imine (C=N–C) groups is 1. The van der Waals surface area contributed by atoms with Gasteiger partial charge < -0.3 is 4.90 Å². The van der Waals surface area contributed by atoms with Crippen molar-refractivity contribution in [3.8, 4) is 0 Å². The highest BCUT2D eigenvalue weighted by molar-refractivity contribution is 5.55. The number of hydrogen-bond donors (Lipinski definition) is 0. The molecule has 0 aliphatic rings. The molecule has 0 aromatic carbocycles. The minimum Gasteiger partial charge on any atom is -0.369 e. The van der Waals surface area contributed by atoms with Gasteiger partial charge in [-0.25, -0.2) is 4.99 Å². The van der Waals surface area contributed by atoms with Crippen molar-refractivity contribution in [1.29, 1.82) is 0 Å². The summed E-state index contributed by atoms with van der Waals surface area (Å²) in [5.74, 6) is 0. The van der Waals surface area contributed by atoms with E-state index in [4.69, 9.17) is 0 Å². The summed E-state index contributed by atoms with van der Waals surface area (Å²) in [5.41, 5.74) is 0.962. The van der Waals surface area contributed by atoms with Crippen molar-refractivity contribution in [2.24, 2.45) is 4.99 Å². The first-order chi connectivity index (χ1) is 4.66. The summed E-state index contributed by atoms with van der Waals surface area (Å²) in [6.45, 7) is 5.50. The zero-order valence-corrected chi connectivity index (χ0v) is 6.83. The Morgan fingerprint density at radius 2 is 2.10 bits per heavy atom. The molecule has 0 aromatic rings. The third-order valence-corrected chi connectivity index (χ3v) is 0.851. The third kappa shape index (κ3) is 5.09. The number of hydrogen-bond acceptors (Lipinski definition) is 1. The lowest BCUT2D eigenvalue weighted by Gasteiger charge is -2.01. The lowest BCUT2D eigenvalue weighted by Crippen LogP contribution is -2.07. The molecule has 2 nitrogen and oxygen atoms in total. The van der Waals surface area contributed by atoms with E-state index in [0.29, 0.717) is 0 Å². The van der Waals surface area contributed by atoms with Crippen LogP contribution in [0.15, 0.2) is 29.4 Å². The quantitative estimate of drug-likeness (QED) is 0.329. The van der Waals surface area contributed by atoms with E-state index in [9.17, 15) is 0 Å². The van der Waals surface area contributed by atoms with E-state index in [2.05, 4.69) is 11.6 Å². The van der Waals surface area contributed by atoms with E-state index in [1.807, 2.05) is 32.0 Å². The molecule has 0 aliphatic carbocycles.